The molecule has 1 aliphatic carbocycles. The van der Waals surface area contributed by atoms with E-state index in [-0.39, 0.29) is 11.8 Å². The molecule has 1 amide bonds. The van der Waals surface area contributed by atoms with Crippen LogP contribution in [0.3, 0.4) is 0 Å². The van der Waals surface area contributed by atoms with E-state index < -0.39 is 0 Å². The predicted octanol–water partition coefficient (Wildman–Crippen LogP) is -0.137. The second-order valence-electron chi connectivity index (χ2n) is 6.05. The molecule has 1 aliphatic heterocycles. The quantitative estimate of drug-likeness (QED) is 0.488. The van der Waals surface area contributed by atoms with Gasteiger partial charge in [-0.05, 0) is 25.1 Å². The third-order valence-electron chi connectivity index (χ3n) is 4.41. The van der Waals surface area contributed by atoms with E-state index in [1.165, 1.54) is 19.3 Å². The number of ether oxygens (including phenoxy) is 1. The fourth-order valence-electron chi connectivity index (χ4n) is 3.07. The van der Waals surface area contributed by atoms with Gasteiger partial charge in [0.1, 0.15) is 13.1 Å². The highest BCUT2D eigenvalue weighted by Gasteiger charge is 2.21. The summed E-state index contributed by atoms with van der Waals surface area (Å²) >= 11 is 5.20. The molecule has 0 atom stereocenters. The van der Waals surface area contributed by atoms with E-state index in [0.29, 0.717) is 5.11 Å². The van der Waals surface area contributed by atoms with Crippen molar-refractivity contribution in [1.82, 2.24) is 10.6 Å². The number of quaternary nitrogens is 1. The van der Waals surface area contributed by atoms with Crippen molar-refractivity contribution in [3.63, 3.8) is 0 Å². The van der Waals surface area contributed by atoms with Crippen LogP contribution >= 0.6 is 12.2 Å². The Morgan fingerprint density at radius 2 is 1.90 bits per heavy atom. The summed E-state index contributed by atoms with van der Waals surface area (Å²) in [6.07, 6.45) is 6.68. The Kier molecular flexibility index (Phi) is 7.39. The van der Waals surface area contributed by atoms with Crippen LogP contribution < -0.4 is 15.5 Å². The molecule has 1 heterocycles. The van der Waals surface area contributed by atoms with E-state index in [0.717, 1.165) is 58.7 Å². The summed E-state index contributed by atoms with van der Waals surface area (Å²) < 4.78 is 5.34. The van der Waals surface area contributed by atoms with Crippen molar-refractivity contribution in [2.75, 3.05) is 39.4 Å². The zero-order chi connectivity index (χ0) is 14.9. The first-order chi connectivity index (χ1) is 10.3. The van der Waals surface area contributed by atoms with Crippen LogP contribution in [-0.4, -0.2) is 50.4 Å². The lowest BCUT2D eigenvalue weighted by atomic mass is 9.89. The molecule has 0 spiro atoms. The van der Waals surface area contributed by atoms with Gasteiger partial charge in [0.05, 0.1) is 19.8 Å². The van der Waals surface area contributed by atoms with E-state index >= 15 is 0 Å². The molecule has 1 saturated heterocycles. The van der Waals surface area contributed by atoms with Crippen LogP contribution in [0.2, 0.25) is 0 Å². The number of nitrogens with one attached hydrogen (secondary N) is 3. The predicted molar refractivity (Wildman–Crippen MR) is 86.3 cm³/mol. The fourth-order valence-corrected chi connectivity index (χ4v) is 3.28. The van der Waals surface area contributed by atoms with Crippen molar-refractivity contribution in [3.8, 4) is 0 Å². The van der Waals surface area contributed by atoms with Crippen LogP contribution in [0.5, 0.6) is 0 Å². The Hall–Kier alpha value is -0.720. The summed E-state index contributed by atoms with van der Waals surface area (Å²) in [5.41, 5.74) is 0. The van der Waals surface area contributed by atoms with E-state index in [2.05, 4.69) is 10.6 Å². The largest absolute Gasteiger partial charge is 0.370 e. The SMILES string of the molecule is O=C(NC(=S)NCCC[NH+]1CCOCC1)C1CCCCC1. The summed E-state index contributed by atoms with van der Waals surface area (Å²) in [6.45, 7) is 5.91. The number of amides is 1. The minimum atomic E-state index is 0.103. The zero-order valence-electron chi connectivity index (χ0n) is 12.8. The lowest BCUT2D eigenvalue weighted by Crippen LogP contribution is -3.14. The molecular weight excluding hydrogens is 286 g/mol. The van der Waals surface area contributed by atoms with Gasteiger partial charge < -0.3 is 20.3 Å². The molecule has 21 heavy (non-hydrogen) atoms. The molecule has 0 aromatic rings. The second-order valence-corrected chi connectivity index (χ2v) is 6.45. The number of rotatable bonds is 5. The van der Waals surface area contributed by atoms with Gasteiger partial charge in [-0.3, -0.25) is 4.79 Å². The molecule has 1 saturated carbocycles. The van der Waals surface area contributed by atoms with Gasteiger partial charge in [0.2, 0.25) is 5.91 Å². The molecule has 120 valence electrons. The first kappa shape index (κ1) is 16.6. The van der Waals surface area contributed by atoms with Gasteiger partial charge in [0.15, 0.2) is 5.11 Å². The molecule has 3 N–H and O–H groups in total. The lowest BCUT2D eigenvalue weighted by molar-refractivity contribution is -0.908. The Balaban J connectivity index is 1.53. The van der Waals surface area contributed by atoms with Crippen molar-refractivity contribution in [1.29, 1.82) is 0 Å². The Morgan fingerprint density at radius 1 is 1.19 bits per heavy atom. The molecule has 6 heteroatoms. The molecule has 0 aromatic heterocycles. The number of hydrogen-bond acceptors (Lipinski definition) is 3. The summed E-state index contributed by atoms with van der Waals surface area (Å²) in [5, 5.41) is 6.48. The number of morpholine rings is 1. The molecule has 0 bridgehead atoms. The molecule has 0 aromatic carbocycles. The van der Waals surface area contributed by atoms with Crippen molar-refractivity contribution in [2.24, 2.45) is 5.92 Å². The van der Waals surface area contributed by atoms with Crippen molar-refractivity contribution in [2.45, 2.75) is 38.5 Å². The van der Waals surface area contributed by atoms with Gasteiger partial charge in [-0.1, -0.05) is 19.3 Å². The first-order valence-electron chi connectivity index (χ1n) is 8.25. The van der Waals surface area contributed by atoms with Gasteiger partial charge in [-0.15, -0.1) is 0 Å². The van der Waals surface area contributed by atoms with Crippen molar-refractivity contribution < 1.29 is 14.4 Å². The second kappa shape index (κ2) is 9.33. The minimum absolute atomic E-state index is 0.103. The standard InChI is InChI=1S/C15H27N3O2S/c19-14(13-5-2-1-3-6-13)17-15(21)16-7-4-8-18-9-11-20-12-10-18/h13H,1-12H2,(H2,16,17,19,21)/p+1. The van der Waals surface area contributed by atoms with E-state index in [1.807, 2.05) is 0 Å². The van der Waals surface area contributed by atoms with Gasteiger partial charge >= 0.3 is 0 Å². The number of carbonyl (C=O) groups excluding carboxylic acids is 1. The molecule has 2 aliphatic rings. The molecular formula is C15H28N3O2S+. The molecule has 0 unspecified atom stereocenters. The highest BCUT2D eigenvalue weighted by atomic mass is 32.1. The number of hydrogen-bond donors (Lipinski definition) is 3. The summed E-state index contributed by atoms with van der Waals surface area (Å²) in [5.74, 6) is 0.266. The van der Waals surface area contributed by atoms with Gasteiger partial charge in [-0.25, -0.2) is 0 Å². The third kappa shape index (κ3) is 6.28. The van der Waals surface area contributed by atoms with E-state index in [9.17, 15) is 4.79 Å². The Morgan fingerprint density at radius 3 is 2.62 bits per heavy atom. The van der Waals surface area contributed by atoms with Crippen molar-refractivity contribution >= 4 is 23.2 Å². The Bertz CT molecular complexity index is 340. The third-order valence-corrected chi connectivity index (χ3v) is 4.65. The average molecular weight is 314 g/mol. The van der Waals surface area contributed by atoms with Crippen LogP contribution in [0.25, 0.3) is 0 Å². The van der Waals surface area contributed by atoms with Gasteiger partial charge in [-0.2, -0.15) is 0 Å². The zero-order valence-corrected chi connectivity index (χ0v) is 13.6. The molecule has 5 nitrogen and oxygen atoms in total. The minimum Gasteiger partial charge on any atom is -0.370 e. The average Bonchev–Trinajstić information content (AvgIpc) is 2.53. The van der Waals surface area contributed by atoms with Crippen LogP contribution in [0, 0.1) is 5.92 Å². The van der Waals surface area contributed by atoms with Gasteiger partial charge in [0.25, 0.3) is 0 Å². The maximum atomic E-state index is 12.0. The molecule has 2 fully saturated rings. The normalized spacial score (nSPS) is 21.0. The Labute approximate surface area is 132 Å². The number of carbonyl (C=O) groups is 1. The molecule has 0 radical (unpaired) electrons. The molecule has 2 rings (SSSR count). The summed E-state index contributed by atoms with van der Waals surface area (Å²) in [4.78, 5) is 13.6. The number of thiocarbonyl (C=S) groups is 1. The van der Waals surface area contributed by atoms with E-state index in [4.69, 9.17) is 17.0 Å². The van der Waals surface area contributed by atoms with Crippen LogP contribution in [0.1, 0.15) is 38.5 Å². The van der Waals surface area contributed by atoms with E-state index in [1.54, 1.807) is 4.90 Å². The highest BCUT2D eigenvalue weighted by molar-refractivity contribution is 7.80. The summed E-state index contributed by atoms with van der Waals surface area (Å²) in [6, 6.07) is 0. The van der Waals surface area contributed by atoms with Crippen LogP contribution in [0.15, 0.2) is 0 Å². The fraction of sp³-hybridized carbons (Fsp3) is 0.867. The van der Waals surface area contributed by atoms with Crippen LogP contribution in [-0.2, 0) is 9.53 Å². The highest BCUT2D eigenvalue weighted by Crippen LogP contribution is 2.23. The topological polar surface area (TPSA) is 54.8 Å². The maximum Gasteiger partial charge on any atom is 0.229 e. The first-order valence-corrected chi connectivity index (χ1v) is 8.66. The van der Waals surface area contributed by atoms with Crippen molar-refractivity contribution in [3.05, 3.63) is 0 Å². The summed E-state index contributed by atoms with van der Waals surface area (Å²) in [7, 11) is 0. The maximum absolute atomic E-state index is 12.0. The monoisotopic (exact) mass is 314 g/mol. The van der Waals surface area contributed by atoms with Gasteiger partial charge in [0, 0.05) is 18.9 Å². The lowest BCUT2D eigenvalue weighted by Gasteiger charge is -2.24. The smallest absolute Gasteiger partial charge is 0.229 e. The van der Waals surface area contributed by atoms with Crippen LogP contribution in [0.4, 0.5) is 0 Å².